The summed E-state index contributed by atoms with van der Waals surface area (Å²) in [5.74, 6) is 1.18. The van der Waals surface area contributed by atoms with E-state index in [1.54, 1.807) is 0 Å². The van der Waals surface area contributed by atoms with E-state index in [2.05, 4.69) is 95.6 Å². The number of fused-ring (bicyclic) bond motifs is 5. The molecule has 0 N–H and O–H groups in total. The number of nitrogens with zero attached hydrogens (tertiary/aromatic N) is 4. The van der Waals surface area contributed by atoms with E-state index >= 15 is 0 Å². The molecule has 0 aliphatic heterocycles. The zero-order chi connectivity index (χ0) is 32.3. The molecule has 0 bridgehead atoms. The summed E-state index contributed by atoms with van der Waals surface area (Å²) in [6.45, 7) is 0. The molecule has 10 aromatic rings. The van der Waals surface area contributed by atoms with Gasteiger partial charge in [-0.3, -0.25) is 0 Å². The molecule has 49 heavy (non-hydrogen) atoms. The molecule has 4 aromatic heterocycles. The molecule has 0 saturated heterocycles. The monoisotopic (exact) mass is 630 g/mol. The summed E-state index contributed by atoms with van der Waals surface area (Å²) in [6.07, 6.45) is 0. The second kappa shape index (κ2) is 10.9. The lowest BCUT2D eigenvalue weighted by atomic mass is 10.1. The van der Waals surface area contributed by atoms with Gasteiger partial charge >= 0.3 is 0 Å². The van der Waals surface area contributed by atoms with Gasteiger partial charge < -0.3 is 13.4 Å². The maximum Gasteiger partial charge on any atom is 0.227 e. The first-order valence-corrected chi connectivity index (χ1v) is 16.2. The van der Waals surface area contributed by atoms with Crippen LogP contribution in [0.5, 0.6) is 0 Å². The molecule has 6 heteroatoms. The Morgan fingerprint density at radius 1 is 0.388 bits per heavy atom. The molecule has 0 atom stereocenters. The van der Waals surface area contributed by atoms with Crippen LogP contribution >= 0.6 is 0 Å². The van der Waals surface area contributed by atoms with Crippen molar-refractivity contribution in [2.45, 2.75) is 0 Å². The van der Waals surface area contributed by atoms with Crippen LogP contribution in [0.3, 0.4) is 0 Å². The Morgan fingerprint density at radius 2 is 0.878 bits per heavy atom. The molecule has 0 spiro atoms. The average Bonchev–Trinajstić information content (AvgIpc) is 3.89. The van der Waals surface area contributed by atoms with Gasteiger partial charge in [-0.25, -0.2) is 15.0 Å². The number of benzene rings is 6. The fourth-order valence-electron chi connectivity index (χ4n) is 6.71. The van der Waals surface area contributed by atoms with Crippen molar-refractivity contribution < 1.29 is 8.83 Å². The van der Waals surface area contributed by atoms with E-state index < -0.39 is 0 Å². The highest BCUT2D eigenvalue weighted by Gasteiger charge is 2.18. The minimum Gasteiger partial charge on any atom is -0.436 e. The highest BCUT2D eigenvalue weighted by molar-refractivity contribution is 6.11. The van der Waals surface area contributed by atoms with Crippen LogP contribution < -0.4 is 0 Å². The Hall–Kier alpha value is -6.79. The SMILES string of the molecule is c1ccc(-c2cccc(-c3ccc(-n4c5ccc(-c6nc7ccccc7o6)cc5c5cc(-c6nc7ccccc7o6)ccc54)cc3)n2)cc1. The van der Waals surface area contributed by atoms with E-state index in [0.29, 0.717) is 11.8 Å². The number of aromatic nitrogens is 4. The second-order valence-electron chi connectivity index (χ2n) is 12.1. The highest BCUT2D eigenvalue weighted by Crippen LogP contribution is 2.38. The Balaban J connectivity index is 1.12. The van der Waals surface area contributed by atoms with E-state index in [1.165, 1.54) is 0 Å². The van der Waals surface area contributed by atoms with Gasteiger partial charge in [-0.15, -0.1) is 0 Å². The summed E-state index contributed by atoms with van der Waals surface area (Å²) in [7, 11) is 0. The summed E-state index contributed by atoms with van der Waals surface area (Å²) in [6, 6.07) is 53.5. The van der Waals surface area contributed by atoms with Crippen molar-refractivity contribution in [3.8, 4) is 51.1 Å². The summed E-state index contributed by atoms with van der Waals surface area (Å²) in [5, 5.41) is 2.16. The number of para-hydroxylation sites is 4. The molecule has 6 aromatic carbocycles. The van der Waals surface area contributed by atoms with Gasteiger partial charge in [0, 0.05) is 38.7 Å². The fourth-order valence-corrected chi connectivity index (χ4v) is 6.71. The first-order chi connectivity index (χ1) is 24.2. The predicted molar refractivity (Wildman–Crippen MR) is 195 cm³/mol. The number of pyridine rings is 1. The van der Waals surface area contributed by atoms with Gasteiger partial charge in [-0.2, -0.15) is 0 Å². The van der Waals surface area contributed by atoms with Crippen molar-refractivity contribution in [1.82, 2.24) is 19.5 Å². The molecule has 4 heterocycles. The topological polar surface area (TPSA) is 69.9 Å². The minimum absolute atomic E-state index is 0.591. The van der Waals surface area contributed by atoms with Crippen LogP contribution in [0.15, 0.2) is 167 Å². The van der Waals surface area contributed by atoms with Crippen molar-refractivity contribution >= 4 is 44.0 Å². The average molecular weight is 631 g/mol. The van der Waals surface area contributed by atoms with Crippen LogP contribution in [-0.2, 0) is 0 Å². The van der Waals surface area contributed by atoms with E-state index in [1.807, 2.05) is 66.7 Å². The van der Waals surface area contributed by atoms with Crippen LogP contribution in [0, 0.1) is 0 Å². The Morgan fingerprint density at radius 3 is 1.43 bits per heavy atom. The molecule has 10 rings (SSSR count). The van der Waals surface area contributed by atoms with Crippen molar-refractivity contribution in [3.05, 3.63) is 158 Å². The van der Waals surface area contributed by atoms with Crippen LogP contribution in [0.25, 0.3) is 95.1 Å². The van der Waals surface area contributed by atoms with Crippen molar-refractivity contribution in [1.29, 1.82) is 0 Å². The summed E-state index contributed by atoms with van der Waals surface area (Å²) in [4.78, 5) is 14.5. The van der Waals surface area contributed by atoms with E-state index in [4.69, 9.17) is 23.8 Å². The van der Waals surface area contributed by atoms with Gasteiger partial charge in [0.15, 0.2) is 11.2 Å². The Bertz CT molecular complexity index is 2630. The van der Waals surface area contributed by atoms with Gasteiger partial charge in [-0.05, 0) is 84.9 Å². The van der Waals surface area contributed by atoms with E-state index in [9.17, 15) is 0 Å². The van der Waals surface area contributed by atoms with Crippen LogP contribution in [-0.4, -0.2) is 19.5 Å². The van der Waals surface area contributed by atoms with Crippen molar-refractivity contribution in [2.24, 2.45) is 0 Å². The maximum atomic E-state index is 6.18. The summed E-state index contributed by atoms with van der Waals surface area (Å²) < 4.78 is 14.7. The van der Waals surface area contributed by atoms with Gasteiger partial charge in [0.1, 0.15) is 11.0 Å². The van der Waals surface area contributed by atoms with Crippen molar-refractivity contribution in [3.63, 3.8) is 0 Å². The number of hydrogen-bond acceptors (Lipinski definition) is 5. The van der Waals surface area contributed by atoms with Crippen LogP contribution in [0.4, 0.5) is 0 Å². The van der Waals surface area contributed by atoms with Crippen LogP contribution in [0.2, 0.25) is 0 Å². The third-order valence-corrected chi connectivity index (χ3v) is 9.09. The van der Waals surface area contributed by atoms with E-state index in [0.717, 1.165) is 83.3 Å². The molecule has 0 aliphatic rings. The molecular weight excluding hydrogens is 604 g/mol. The first kappa shape index (κ1) is 27.3. The number of oxazole rings is 2. The van der Waals surface area contributed by atoms with Gasteiger partial charge in [-0.1, -0.05) is 72.8 Å². The van der Waals surface area contributed by atoms with Gasteiger partial charge in [0.25, 0.3) is 0 Å². The molecule has 0 unspecified atom stereocenters. The largest absolute Gasteiger partial charge is 0.436 e. The summed E-state index contributed by atoms with van der Waals surface area (Å²) in [5.41, 5.74) is 12.3. The smallest absolute Gasteiger partial charge is 0.227 e. The lowest BCUT2D eigenvalue weighted by molar-refractivity contribution is 0.619. The number of hydrogen-bond donors (Lipinski definition) is 0. The molecule has 0 aliphatic carbocycles. The molecule has 230 valence electrons. The zero-order valence-electron chi connectivity index (χ0n) is 26.1. The molecule has 0 saturated carbocycles. The Labute approximate surface area is 280 Å². The third-order valence-electron chi connectivity index (χ3n) is 9.09. The normalized spacial score (nSPS) is 11.7. The van der Waals surface area contributed by atoms with Crippen molar-refractivity contribution in [2.75, 3.05) is 0 Å². The molecule has 0 fully saturated rings. The third kappa shape index (κ3) is 4.61. The molecule has 6 nitrogen and oxygen atoms in total. The quantitative estimate of drug-likeness (QED) is 0.189. The zero-order valence-corrected chi connectivity index (χ0v) is 26.1. The molecule has 0 amide bonds. The van der Waals surface area contributed by atoms with Gasteiger partial charge in [0.05, 0.1) is 22.4 Å². The lowest BCUT2D eigenvalue weighted by Crippen LogP contribution is -1.94. The highest BCUT2D eigenvalue weighted by atomic mass is 16.4. The minimum atomic E-state index is 0.591. The molecular formula is C43H26N4O2. The second-order valence-corrected chi connectivity index (χ2v) is 12.1. The first-order valence-electron chi connectivity index (χ1n) is 16.2. The number of rotatable bonds is 5. The Kier molecular flexibility index (Phi) is 6.08. The van der Waals surface area contributed by atoms with Gasteiger partial charge in [0.2, 0.25) is 11.8 Å². The maximum absolute atomic E-state index is 6.18. The fraction of sp³-hybridized carbons (Fsp3) is 0. The van der Waals surface area contributed by atoms with E-state index in [-0.39, 0.29) is 0 Å². The van der Waals surface area contributed by atoms with Crippen LogP contribution in [0.1, 0.15) is 0 Å². The summed E-state index contributed by atoms with van der Waals surface area (Å²) >= 11 is 0. The predicted octanol–water partition coefficient (Wildman–Crippen LogP) is 11.1. The standard InChI is InChI=1S/C43H26N4O2/c1-2-9-27(10-3-1)34-13-8-14-35(44-34)28-17-21-31(22-18-28)47-38-23-19-29(42-45-36-11-4-6-15-40(36)48-42)25-32(38)33-26-30(20-24-39(33)47)43-46-37-12-5-7-16-41(37)49-43/h1-26H. The lowest BCUT2D eigenvalue weighted by Gasteiger charge is -2.10. The molecule has 0 radical (unpaired) electrons.